The van der Waals surface area contributed by atoms with Gasteiger partial charge in [0, 0.05) is 24.5 Å². The first-order chi connectivity index (χ1) is 13.5. The van der Waals surface area contributed by atoms with Crippen LogP contribution in [0.25, 0.3) is 11.5 Å². The molecule has 2 aliphatic rings. The van der Waals surface area contributed by atoms with Crippen molar-refractivity contribution in [2.75, 3.05) is 17.3 Å². The summed E-state index contributed by atoms with van der Waals surface area (Å²) in [5.74, 6) is 0.699. The van der Waals surface area contributed by atoms with Gasteiger partial charge in [-0.05, 0) is 31.4 Å². The highest BCUT2D eigenvalue weighted by Crippen LogP contribution is 2.30. The summed E-state index contributed by atoms with van der Waals surface area (Å²) < 4.78 is 29.5. The fourth-order valence-corrected chi connectivity index (χ4v) is 6.30. The highest BCUT2D eigenvalue weighted by atomic mass is 32.2. The quantitative estimate of drug-likeness (QED) is 0.652. The van der Waals surface area contributed by atoms with Crippen molar-refractivity contribution in [3.63, 3.8) is 0 Å². The van der Waals surface area contributed by atoms with Crippen LogP contribution in [0.3, 0.4) is 0 Å². The fraction of sp³-hybridized carbons (Fsp3) is 0.556. The van der Waals surface area contributed by atoms with Gasteiger partial charge in [0.1, 0.15) is 0 Å². The van der Waals surface area contributed by atoms with Gasteiger partial charge in [0.15, 0.2) is 9.84 Å². The molecule has 0 radical (unpaired) electrons. The Morgan fingerprint density at radius 2 is 2.04 bits per heavy atom. The summed E-state index contributed by atoms with van der Waals surface area (Å²) in [6.07, 6.45) is 7.88. The predicted molar refractivity (Wildman–Crippen MR) is 104 cm³/mol. The number of hydrogen-bond donors (Lipinski definition) is 0. The van der Waals surface area contributed by atoms with Gasteiger partial charge in [0.25, 0.3) is 5.22 Å². The van der Waals surface area contributed by atoms with Gasteiger partial charge in [0.05, 0.1) is 22.8 Å². The Balaban J connectivity index is 1.42. The number of carbonyl (C=O) groups is 1. The van der Waals surface area contributed by atoms with E-state index in [0.29, 0.717) is 17.5 Å². The molecule has 2 fully saturated rings. The van der Waals surface area contributed by atoms with Crippen molar-refractivity contribution in [3.05, 3.63) is 24.5 Å². The number of amides is 1. The fourth-order valence-electron chi connectivity index (χ4n) is 3.95. The number of rotatable bonds is 6. The molecule has 1 amide bonds. The van der Waals surface area contributed by atoms with Crippen molar-refractivity contribution in [2.45, 2.75) is 49.4 Å². The number of hydrogen-bond acceptors (Lipinski definition) is 8. The van der Waals surface area contributed by atoms with Crippen LogP contribution < -0.4 is 0 Å². The molecule has 3 heterocycles. The molecule has 1 saturated carbocycles. The lowest BCUT2D eigenvalue weighted by atomic mass is 10.1. The molecular formula is C18H22N4O4S2. The SMILES string of the molecule is O=C(CSc1nnc(-c2cccnc2)o1)N(C1CCCC1)C1CCS(=O)(=O)C1. The molecule has 2 aromatic rings. The minimum atomic E-state index is -3.05. The van der Waals surface area contributed by atoms with Crippen LogP contribution in [0.2, 0.25) is 0 Å². The molecule has 1 aliphatic heterocycles. The zero-order valence-corrected chi connectivity index (χ0v) is 17.0. The minimum absolute atomic E-state index is 0.0554. The Hall–Kier alpha value is -1.94. The summed E-state index contributed by atoms with van der Waals surface area (Å²) >= 11 is 1.19. The van der Waals surface area contributed by atoms with Crippen LogP contribution in [0, 0.1) is 0 Å². The van der Waals surface area contributed by atoms with Crippen LogP contribution in [0.4, 0.5) is 0 Å². The van der Waals surface area contributed by atoms with Crippen LogP contribution in [-0.2, 0) is 14.6 Å². The van der Waals surface area contributed by atoms with E-state index >= 15 is 0 Å². The number of nitrogens with zero attached hydrogens (tertiary/aromatic N) is 4. The Bertz CT molecular complexity index is 926. The molecule has 1 saturated heterocycles. The van der Waals surface area contributed by atoms with E-state index in [4.69, 9.17) is 4.42 Å². The first-order valence-corrected chi connectivity index (χ1v) is 12.2. The molecule has 10 heteroatoms. The van der Waals surface area contributed by atoms with Crippen LogP contribution >= 0.6 is 11.8 Å². The third-order valence-electron chi connectivity index (χ3n) is 5.24. The van der Waals surface area contributed by atoms with Gasteiger partial charge >= 0.3 is 0 Å². The predicted octanol–water partition coefficient (Wildman–Crippen LogP) is 2.18. The lowest BCUT2D eigenvalue weighted by Gasteiger charge is -2.34. The molecule has 4 rings (SSSR count). The van der Waals surface area contributed by atoms with E-state index in [0.717, 1.165) is 31.2 Å². The molecule has 1 aliphatic carbocycles. The number of thioether (sulfide) groups is 1. The van der Waals surface area contributed by atoms with Gasteiger partial charge in [-0.3, -0.25) is 9.78 Å². The number of carbonyl (C=O) groups excluding carboxylic acids is 1. The highest BCUT2D eigenvalue weighted by molar-refractivity contribution is 7.99. The van der Waals surface area contributed by atoms with Crippen molar-refractivity contribution < 1.29 is 17.6 Å². The zero-order valence-electron chi connectivity index (χ0n) is 15.4. The molecule has 0 bridgehead atoms. The van der Waals surface area contributed by atoms with E-state index in [1.165, 1.54) is 11.8 Å². The van der Waals surface area contributed by atoms with Crippen LogP contribution in [-0.4, -0.2) is 63.7 Å². The first-order valence-electron chi connectivity index (χ1n) is 9.40. The maximum Gasteiger partial charge on any atom is 0.277 e. The van der Waals surface area contributed by atoms with Crippen LogP contribution in [0.5, 0.6) is 0 Å². The third kappa shape index (κ3) is 4.38. The van der Waals surface area contributed by atoms with Crippen molar-refractivity contribution in [3.8, 4) is 11.5 Å². The van der Waals surface area contributed by atoms with Crippen molar-refractivity contribution in [2.24, 2.45) is 0 Å². The third-order valence-corrected chi connectivity index (χ3v) is 7.80. The smallest absolute Gasteiger partial charge is 0.277 e. The maximum atomic E-state index is 13.0. The largest absolute Gasteiger partial charge is 0.411 e. The number of pyridine rings is 1. The van der Waals surface area contributed by atoms with Gasteiger partial charge in [-0.2, -0.15) is 0 Å². The van der Waals surface area contributed by atoms with Gasteiger partial charge in [0.2, 0.25) is 11.8 Å². The summed E-state index contributed by atoms with van der Waals surface area (Å²) in [6.45, 7) is 0. The van der Waals surface area contributed by atoms with E-state index in [9.17, 15) is 13.2 Å². The molecule has 1 atom stereocenters. The lowest BCUT2D eigenvalue weighted by molar-refractivity contribution is -0.132. The summed E-state index contributed by atoms with van der Waals surface area (Å²) in [6, 6.07) is 3.53. The number of aromatic nitrogens is 3. The van der Waals surface area contributed by atoms with Gasteiger partial charge in [-0.25, -0.2) is 8.42 Å². The van der Waals surface area contributed by atoms with E-state index in [2.05, 4.69) is 15.2 Å². The second-order valence-corrected chi connectivity index (χ2v) is 10.4. The van der Waals surface area contributed by atoms with E-state index in [-0.39, 0.29) is 35.2 Å². The second-order valence-electron chi connectivity index (χ2n) is 7.20. The zero-order chi connectivity index (χ0) is 19.6. The standard InChI is InChI=1S/C18H22N4O4S2/c23-16(11-27-18-21-20-17(26-18)13-4-3-8-19-10-13)22(14-5-1-2-6-14)15-7-9-28(24,25)12-15/h3-4,8,10,14-15H,1-2,5-7,9,11-12H2. The van der Waals surface area contributed by atoms with E-state index in [1.54, 1.807) is 18.5 Å². The van der Waals surface area contributed by atoms with Gasteiger partial charge < -0.3 is 9.32 Å². The maximum absolute atomic E-state index is 13.0. The Morgan fingerprint density at radius 3 is 2.71 bits per heavy atom. The molecule has 150 valence electrons. The average molecular weight is 423 g/mol. The van der Waals surface area contributed by atoms with Gasteiger partial charge in [-0.1, -0.05) is 24.6 Å². The van der Waals surface area contributed by atoms with E-state index < -0.39 is 9.84 Å². The highest BCUT2D eigenvalue weighted by Gasteiger charge is 2.38. The Labute approximate surface area is 168 Å². The molecule has 0 aromatic carbocycles. The summed E-state index contributed by atoms with van der Waals surface area (Å²) in [5, 5.41) is 8.31. The molecule has 28 heavy (non-hydrogen) atoms. The molecule has 0 N–H and O–H groups in total. The monoisotopic (exact) mass is 422 g/mol. The average Bonchev–Trinajstić information content (AvgIpc) is 3.43. The molecule has 8 nitrogen and oxygen atoms in total. The van der Waals surface area contributed by atoms with Crippen LogP contribution in [0.15, 0.2) is 34.2 Å². The Morgan fingerprint density at radius 1 is 1.21 bits per heavy atom. The summed E-state index contributed by atoms with van der Waals surface area (Å²) in [5.41, 5.74) is 0.719. The molecular weight excluding hydrogens is 400 g/mol. The Kier molecular flexibility index (Phi) is 5.68. The first kappa shape index (κ1) is 19.4. The normalized spacial score (nSPS) is 21.8. The van der Waals surface area contributed by atoms with Crippen molar-refractivity contribution in [1.29, 1.82) is 0 Å². The van der Waals surface area contributed by atoms with Crippen molar-refractivity contribution in [1.82, 2.24) is 20.1 Å². The topological polar surface area (TPSA) is 106 Å². The second kappa shape index (κ2) is 8.20. The number of sulfone groups is 1. The molecule has 1 unspecified atom stereocenters. The minimum Gasteiger partial charge on any atom is -0.411 e. The van der Waals surface area contributed by atoms with Gasteiger partial charge in [-0.15, -0.1) is 10.2 Å². The summed E-state index contributed by atoms with van der Waals surface area (Å²) in [7, 11) is -3.05. The van der Waals surface area contributed by atoms with Crippen LogP contribution in [0.1, 0.15) is 32.1 Å². The van der Waals surface area contributed by atoms with E-state index in [1.807, 2.05) is 11.0 Å². The molecule has 0 spiro atoms. The van der Waals surface area contributed by atoms with Crippen molar-refractivity contribution >= 4 is 27.5 Å². The lowest BCUT2D eigenvalue weighted by Crippen LogP contribution is -2.47. The summed E-state index contributed by atoms with van der Waals surface area (Å²) in [4.78, 5) is 18.8. The molecule has 2 aromatic heterocycles.